The zero-order valence-corrected chi connectivity index (χ0v) is 10.9. The van der Waals surface area contributed by atoms with Crippen LogP contribution in [0.2, 0.25) is 0 Å². The summed E-state index contributed by atoms with van der Waals surface area (Å²) in [5, 5.41) is 0. The Labute approximate surface area is 95.1 Å². The van der Waals surface area contributed by atoms with Crippen molar-refractivity contribution in [2.45, 2.75) is 41.2 Å². The third-order valence-electron chi connectivity index (χ3n) is 2.42. The summed E-state index contributed by atoms with van der Waals surface area (Å²) in [6.45, 7) is 13.9. The number of nitrogens with zero attached hydrogens (tertiary/aromatic N) is 1. The average molecular weight is 207 g/mol. The van der Waals surface area contributed by atoms with Gasteiger partial charge in [0, 0.05) is 6.54 Å². The second-order valence-electron chi connectivity index (χ2n) is 3.45. The molecule has 1 aromatic carbocycles. The van der Waals surface area contributed by atoms with Gasteiger partial charge in [0.15, 0.2) is 0 Å². The topological polar surface area (TPSA) is 3.24 Å². The molecule has 0 N–H and O–H groups in total. The van der Waals surface area contributed by atoms with Gasteiger partial charge >= 0.3 is 0 Å². The van der Waals surface area contributed by atoms with Gasteiger partial charge in [-0.25, -0.2) is 0 Å². The summed E-state index contributed by atoms with van der Waals surface area (Å²) < 4.78 is 0. The lowest BCUT2D eigenvalue weighted by atomic mass is 10.1. The molecule has 0 amide bonds. The van der Waals surface area contributed by atoms with Crippen LogP contribution in [0.4, 0.5) is 0 Å². The molecule has 0 aliphatic carbocycles. The Morgan fingerprint density at radius 3 is 1.80 bits per heavy atom. The Morgan fingerprint density at radius 2 is 1.40 bits per heavy atom. The van der Waals surface area contributed by atoms with Crippen molar-refractivity contribution in [3.8, 4) is 0 Å². The minimum atomic E-state index is 1.08. The SMILES string of the molecule is CC.CCN(CC)Cc1ccc(C)cc1. The fraction of sp³-hybridized carbons (Fsp3) is 0.571. The molecule has 0 saturated carbocycles. The maximum absolute atomic E-state index is 2.42. The van der Waals surface area contributed by atoms with Gasteiger partial charge in [-0.15, -0.1) is 0 Å². The molecular weight excluding hydrogens is 182 g/mol. The molecule has 0 spiro atoms. The predicted molar refractivity (Wildman–Crippen MR) is 69.2 cm³/mol. The summed E-state index contributed by atoms with van der Waals surface area (Å²) in [7, 11) is 0. The first-order chi connectivity index (χ1) is 7.26. The lowest BCUT2D eigenvalue weighted by Gasteiger charge is -2.17. The molecule has 0 radical (unpaired) electrons. The second-order valence-corrected chi connectivity index (χ2v) is 3.45. The standard InChI is InChI=1S/C12H19N.C2H6/c1-4-13(5-2)10-12-8-6-11(3)7-9-12;1-2/h6-9H,4-5,10H2,1-3H3;1-2H3. The Hall–Kier alpha value is -0.820. The second kappa shape index (κ2) is 8.49. The number of hydrogen-bond donors (Lipinski definition) is 0. The van der Waals surface area contributed by atoms with Crippen molar-refractivity contribution in [3.05, 3.63) is 35.4 Å². The van der Waals surface area contributed by atoms with Gasteiger partial charge in [0.2, 0.25) is 0 Å². The minimum Gasteiger partial charge on any atom is -0.300 e. The molecule has 1 nitrogen and oxygen atoms in total. The lowest BCUT2D eigenvalue weighted by Crippen LogP contribution is -2.21. The van der Waals surface area contributed by atoms with Gasteiger partial charge < -0.3 is 0 Å². The van der Waals surface area contributed by atoms with Crippen LogP contribution in [0.3, 0.4) is 0 Å². The van der Waals surface area contributed by atoms with E-state index >= 15 is 0 Å². The van der Waals surface area contributed by atoms with Crippen molar-refractivity contribution in [3.63, 3.8) is 0 Å². The van der Waals surface area contributed by atoms with Crippen LogP contribution in [-0.4, -0.2) is 18.0 Å². The van der Waals surface area contributed by atoms with E-state index in [2.05, 4.69) is 49.9 Å². The van der Waals surface area contributed by atoms with E-state index in [4.69, 9.17) is 0 Å². The van der Waals surface area contributed by atoms with Gasteiger partial charge in [0.1, 0.15) is 0 Å². The van der Waals surface area contributed by atoms with Gasteiger partial charge in [0.25, 0.3) is 0 Å². The Balaban J connectivity index is 0.000000921. The molecule has 1 heteroatoms. The highest BCUT2D eigenvalue weighted by Gasteiger charge is 1.99. The average Bonchev–Trinajstić information content (AvgIpc) is 2.31. The van der Waals surface area contributed by atoms with Crippen molar-refractivity contribution in [1.82, 2.24) is 4.90 Å². The first kappa shape index (κ1) is 14.2. The molecule has 0 aliphatic heterocycles. The van der Waals surface area contributed by atoms with Crippen LogP contribution in [0.15, 0.2) is 24.3 Å². The summed E-state index contributed by atoms with van der Waals surface area (Å²) in [6, 6.07) is 8.79. The molecule has 86 valence electrons. The lowest BCUT2D eigenvalue weighted by molar-refractivity contribution is 0.296. The van der Waals surface area contributed by atoms with E-state index in [1.54, 1.807) is 0 Å². The number of aryl methyl sites for hydroxylation is 1. The van der Waals surface area contributed by atoms with Crippen LogP contribution in [0.25, 0.3) is 0 Å². The number of hydrogen-bond acceptors (Lipinski definition) is 1. The summed E-state index contributed by atoms with van der Waals surface area (Å²) in [6.07, 6.45) is 0. The van der Waals surface area contributed by atoms with E-state index in [1.165, 1.54) is 11.1 Å². The highest BCUT2D eigenvalue weighted by atomic mass is 15.1. The van der Waals surface area contributed by atoms with Crippen LogP contribution < -0.4 is 0 Å². The fourth-order valence-corrected chi connectivity index (χ4v) is 1.40. The van der Waals surface area contributed by atoms with Gasteiger partial charge in [-0.2, -0.15) is 0 Å². The quantitative estimate of drug-likeness (QED) is 0.724. The molecule has 0 fully saturated rings. The van der Waals surface area contributed by atoms with Gasteiger partial charge in [-0.3, -0.25) is 4.90 Å². The van der Waals surface area contributed by atoms with Crippen LogP contribution in [-0.2, 0) is 6.54 Å². The molecule has 0 unspecified atom stereocenters. The molecule has 0 bridgehead atoms. The van der Waals surface area contributed by atoms with E-state index in [1.807, 2.05) is 13.8 Å². The molecular formula is C14H25N. The monoisotopic (exact) mass is 207 g/mol. The van der Waals surface area contributed by atoms with Crippen LogP contribution in [0, 0.1) is 6.92 Å². The molecule has 1 rings (SSSR count). The van der Waals surface area contributed by atoms with E-state index in [-0.39, 0.29) is 0 Å². The van der Waals surface area contributed by atoms with Crippen molar-refractivity contribution in [1.29, 1.82) is 0 Å². The Bertz CT molecular complexity index is 234. The normalized spacial score (nSPS) is 9.73. The fourth-order valence-electron chi connectivity index (χ4n) is 1.40. The smallest absolute Gasteiger partial charge is 0.0233 e. The van der Waals surface area contributed by atoms with Gasteiger partial charge in [-0.1, -0.05) is 57.5 Å². The third kappa shape index (κ3) is 5.58. The molecule has 1 aromatic rings. The van der Waals surface area contributed by atoms with Gasteiger partial charge in [0.05, 0.1) is 0 Å². The molecule has 0 saturated heterocycles. The summed E-state index contributed by atoms with van der Waals surface area (Å²) in [4.78, 5) is 2.42. The number of benzene rings is 1. The minimum absolute atomic E-state index is 1.08. The highest BCUT2D eigenvalue weighted by Crippen LogP contribution is 2.06. The molecule has 0 atom stereocenters. The zero-order valence-electron chi connectivity index (χ0n) is 10.9. The summed E-state index contributed by atoms with van der Waals surface area (Å²) >= 11 is 0. The maximum atomic E-state index is 2.42. The number of rotatable bonds is 4. The summed E-state index contributed by atoms with van der Waals surface area (Å²) in [5.41, 5.74) is 2.75. The predicted octanol–water partition coefficient (Wildman–Crippen LogP) is 3.86. The zero-order chi connectivity index (χ0) is 11.7. The molecule has 0 aromatic heterocycles. The Morgan fingerprint density at radius 1 is 0.933 bits per heavy atom. The maximum Gasteiger partial charge on any atom is 0.0233 e. The van der Waals surface area contributed by atoms with Crippen molar-refractivity contribution in [2.24, 2.45) is 0 Å². The first-order valence-electron chi connectivity index (χ1n) is 6.04. The van der Waals surface area contributed by atoms with E-state index < -0.39 is 0 Å². The van der Waals surface area contributed by atoms with Crippen LogP contribution in [0.1, 0.15) is 38.8 Å². The van der Waals surface area contributed by atoms with E-state index in [0.29, 0.717) is 0 Å². The van der Waals surface area contributed by atoms with Crippen molar-refractivity contribution >= 4 is 0 Å². The van der Waals surface area contributed by atoms with Crippen LogP contribution in [0.5, 0.6) is 0 Å². The highest BCUT2D eigenvalue weighted by molar-refractivity contribution is 5.21. The molecule has 0 aliphatic rings. The third-order valence-corrected chi connectivity index (χ3v) is 2.42. The summed E-state index contributed by atoms with van der Waals surface area (Å²) in [5.74, 6) is 0. The largest absolute Gasteiger partial charge is 0.300 e. The first-order valence-corrected chi connectivity index (χ1v) is 6.04. The van der Waals surface area contributed by atoms with Gasteiger partial charge in [-0.05, 0) is 25.6 Å². The molecule has 0 heterocycles. The van der Waals surface area contributed by atoms with Crippen LogP contribution >= 0.6 is 0 Å². The molecule has 15 heavy (non-hydrogen) atoms. The van der Waals surface area contributed by atoms with Crippen molar-refractivity contribution in [2.75, 3.05) is 13.1 Å². The van der Waals surface area contributed by atoms with Crippen molar-refractivity contribution < 1.29 is 0 Å². The van der Waals surface area contributed by atoms with E-state index in [9.17, 15) is 0 Å². The van der Waals surface area contributed by atoms with E-state index in [0.717, 1.165) is 19.6 Å². The Kier molecular flexibility index (Phi) is 8.02.